The summed E-state index contributed by atoms with van der Waals surface area (Å²) < 4.78 is 0. The zero-order chi connectivity index (χ0) is 27.2. The molecule has 2 N–H and O–H groups in total. The van der Waals surface area contributed by atoms with Gasteiger partial charge in [-0.1, -0.05) is 78.9 Å². The molecule has 0 saturated heterocycles. The molecule has 5 nitrogen and oxygen atoms in total. The Balaban J connectivity index is 1.32. The van der Waals surface area contributed by atoms with Gasteiger partial charge in [-0.2, -0.15) is 0 Å². The lowest BCUT2D eigenvalue weighted by Gasteiger charge is -2.16. The van der Waals surface area contributed by atoms with Crippen LogP contribution in [0.2, 0.25) is 0 Å². The van der Waals surface area contributed by atoms with Gasteiger partial charge in [0.1, 0.15) is 5.25 Å². The van der Waals surface area contributed by atoms with Gasteiger partial charge in [0, 0.05) is 26.6 Å². The molecular formula is C32H27N3O2S2. The molecule has 2 amide bonds. The highest BCUT2D eigenvalue weighted by molar-refractivity contribution is 8.00. The van der Waals surface area contributed by atoms with Crippen LogP contribution in [0.1, 0.15) is 31.6 Å². The van der Waals surface area contributed by atoms with Gasteiger partial charge in [-0.25, -0.2) is 4.98 Å². The van der Waals surface area contributed by atoms with Crippen molar-refractivity contribution >= 4 is 45.7 Å². The molecule has 0 aliphatic carbocycles. The minimum atomic E-state index is -0.483. The van der Waals surface area contributed by atoms with E-state index in [1.807, 2.05) is 123 Å². The lowest BCUT2D eigenvalue weighted by molar-refractivity contribution is -0.115. The lowest BCUT2D eigenvalue weighted by atomic mass is 10.1. The molecule has 1 unspecified atom stereocenters. The number of nitrogens with zero attached hydrogens (tertiary/aromatic N) is 1. The zero-order valence-electron chi connectivity index (χ0n) is 21.5. The van der Waals surface area contributed by atoms with Gasteiger partial charge in [0.15, 0.2) is 5.13 Å². The molecule has 5 aromatic rings. The summed E-state index contributed by atoms with van der Waals surface area (Å²) in [6, 6.07) is 34.7. The van der Waals surface area contributed by atoms with Gasteiger partial charge in [0.05, 0.1) is 5.69 Å². The number of rotatable bonds is 8. The predicted molar refractivity (Wildman–Crippen MR) is 162 cm³/mol. The van der Waals surface area contributed by atoms with Crippen molar-refractivity contribution in [1.82, 2.24) is 4.98 Å². The first-order valence-electron chi connectivity index (χ1n) is 12.5. The van der Waals surface area contributed by atoms with Crippen molar-refractivity contribution in [3.8, 4) is 11.3 Å². The molecule has 4 aromatic carbocycles. The van der Waals surface area contributed by atoms with Crippen molar-refractivity contribution in [2.45, 2.75) is 24.0 Å². The number of carbonyl (C=O) groups is 2. The van der Waals surface area contributed by atoms with Crippen LogP contribution in [0.15, 0.2) is 114 Å². The normalized spacial score (nSPS) is 11.5. The van der Waals surface area contributed by atoms with E-state index < -0.39 is 5.25 Å². The number of thiazole rings is 1. The predicted octanol–water partition coefficient (Wildman–Crippen LogP) is 8.15. The Morgan fingerprint density at radius 2 is 1.41 bits per heavy atom. The number of carbonyl (C=O) groups excluding carboxylic acids is 2. The van der Waals surface area contributed by atoms with Crippen molar-refractivity contribution in [3.05, 3.63) is 131 Å². The van der Waals surface area contributed by atoms with E-state index >= 15 is 0 Å². The first-order valence-corrected chi connectivity index (χ1v) is 14.2. The smallest absolute Gasteiger partial charge is 0.255 e. The van der Waals surface area contributed by atoms with Crippen molar-refractivity contribution < 1.29 is 9.59 Å². The van der Waals surface area contributed by atoms with Crippen LogP contribution in [0.3, 0.4) is 0 Å². The van der Waals surface area contributed by atoms with E-state index in [4.69, 9.17) is 4.98 Å². The maximum Gasteiger partial charge on any atom is 0.255 e. The van der Waals surface area contributed by atoms with Gasteiger partial charge in [0.2, 0.25) is 5.91 Å². The molecule has 0 spiro atoms. The summed E-state index contributed by atoms with van der Waals surface area (Å²) in [6.07, 6.45) is 0. The van der Waals surface area contributed by atoms with Gasteiger partial charge in [0.25, 0.3) is 5.91 Å². The molecule has 7 heteroatoms. The average Bonchev–Trinajstić information content (AvgIpc) is 3.33. The third kappa shape index (κ3) is 6.45. The second-order valence-corrected chi connectivity index (χ2v) is 11.4. The molecule has 0 radical (unpaired) electrons. The van der Waals surface area contributed by atoms with Crippen LogP contribution in [0.25, 0.3) is 11.3 Å². The average molecular weight is 550 g/mol. The Morgan fingerprint density at radius 3 is 2.10 bits per heavy atom. The third-order valence-electron chi connectivity index (χ3n) is 6.17. The minimum absolute atomic E-state index is 0.142. The standard InChI is InChI=1S/C32H27N3O2S2/c1-21-11-9-10-16-27(21)30(36)33-25-17-19-26(20-18-25)39-29(24-14-7-4-8-15-24)31(37)35-32-34-28(22(2)38-32)23-12-5-3-6-13-23/h3-20,29H,1-2H3,(H,33,36)(H,34,35,37). The van der Waals surface area contributed by atoms with Crippen LogP contribution in [0, 0.1) is 13.8 Å². The zero-order valence-corrected chi connectivity index (χ0v) is 23.2. The Bertz CT molecular complexity index is 1580. The maximum atomic E-state index is 13.6. The molecule has 0 saturated carbocycles. The van der Waals surface area contributed by atoms with Gasteiger partial charge in [-0.05, 0) is 55.3 Å². The summed E-state index contributed by atoms with van der Waals surface area (Å²) in [5.74, 6) is -0.292. The number of hydrogen-bond donors (Lipinski definition) is 2. The van der Waals surface area contributed by atoms with E-state index in [2.05, 4.69) is 10.6 Å². The quantitative estimate of drug-likeness (QED) is 0.192. The molecule has 1 aromatic heterocycles. The molecule has 0 bridgehead atoms. The Labute approximate surface area is 236 Å². The van der Waals surface area contributed by atoms with Gasteiger partial charge in [-0.15, -0.1) is 23.1 Å². The third-order valence-corrected chi connectivity index (χ3v) is 8.32. The maximum absolute atomic E-state index is 13.6. The fraction of sp³-hybridized carbons (Fsp3) is 0.0938. The summed E-state index contributed by atoms with van der Waals surface area (Å²) >= 11 is 2.93. The molecule has 194 valence electrons. The van der Waals surface area contributed by atoms with Crippen LogP contribution >= 0.6 is 23.1 Å². The number of anilines is 2. The summed E-state index contributed by atoms with van der Waals surface area (Å²) in [6.45, 7) is 3.93. The van der Waals surface area contributed by atoms with Crippen molar-refractivity contribution in [3.63, 3.8) is 0 Å². The molecule has 1 heterocycles. The van der Waals surface area contributed by atoms with Crippen LogP contribution in [0.4, 0.5) is 10.8 Å². The number of nitrogens with one attached hydrogen (secondary N) is 2. The highest BCUT2D eigenvalue weighted by Gasteiger charge is 2.24. The van der Waals surface area contributed by atoms with E-state index in [0.717, 1.165) is 32.2 Å². The molecule has 1 atom stereocenters. The van der Waals surface area contributed by atoms with Crippen molar-refractivity contribution in [2.24, 2.45) is 0 Å². The topological polar surface area (TPSA) is 71.1 Å². The van der Waals surface area contributed by atoms with Crippen LogP contribution in [0.5, 0.6) is 0 Å². The van der Waals surface area contributed by atoms with E-state index in [-0.39, 0.29) is 11.8 Å². The molecule has 5 rings (SSSR count). The SMILES string of the molecule is Cc1ccccc1C(=O)Nc1ccc(SC(C(=O)Nc2nc(-c3ccccc3)c(C)s2)c2ccccc2)cc1. The highest BCUT2D eigenvalue weighted by Crippen LogP contribution is 2.38. The summed E-state index contributed by atoms with van der Waals surface area (Å²) in [5, 5.41) is 6.09. The summed E-state index contributed by atoms with van der Waals surface area (Å²) in [5.41, 5.74) is 5.06. The lowest BCUT2D eigenvalue weighted by Crippen LogP contribution is -2.19. The second kappa shape index (κ2) is 12.1. The summed E-state index contributed by atoms with van der Waals surface area (Å²) in [4.78, 5) is 32.9. The van der Waals surface area contributed by atoms with Gasteiger partial charge in [-0.3, -0.25) is 9.59 Å². The summed E-state index contributed by atoms with van der Waals surface area (Å²) in [7, 11) is 0. The number of aryl methyl sites for hydroxylation is 2. The highest BCUT2D eigenvalue weighted by atomic mass is 32.2. The molecule has 0 fully saturated rings. The van der Waals surface area contributed by atoms with Gasteiger partial charge < -0.3 is 10.6 Å². The number of amides is 2. The largest absolute Gasteiger partial charge is 0.322 e. The van der Waals surface area contributed by atoms with Crippen molar-refractivity contribution in [1.29, 1.82) is 0 Å². The van der Waals surface area contributed by atoms with E-state index in [1.165, 1.54) is 23.1 Å². The first-order chi connectivity index (χ1) is 19.0. The van der Waals surface area contributed by atoms with Crippen LogP contribution < -0.4 is 10.6 Å². The van der Waals surface area contributed by atoms with Gasteiger partial charge >= 0.3 is 0 Å². The minimum Gasteiger partial charge on any atom is -0.322 e. The second-order valence-electron chi connectivity index (χ2n) is 8.98. The molecule has 0 aliphatic heterocycles. The van der Waals surface area contributed by atoms with E-state index in [9.17, 15) is 9.59 Å². The van der Waals surface area contributed by atoms with Crippen LogP contribution in [-0.2, 0) is 4.79 Å². The Hall–Kier alpha value is -4.20. The number of benzene rings is 4. The number of aromatic nitrogens is 1. The molecule has 39 heavy (non-hydrogen) atoms. The molecular weight excluding hydrogens is 523 g/mol. The Kier molecular flexibility index (Phi) is 8.20. The fourth-order valence-corrected chi connectivity index (χ4v) is 6.03. The van der Waals surface area contributed by atoms with E-state index in [1.54, 1.807) is 0 Å². The van der Waals surface area contributed by atoms with E-state index in [0.29, 0.717) is 16.4 Å². The fourth-order valence-electron chi connectivity index (χ4n) is 4.16. The Morgan fingerprint density at radius 1 is 0.769 bits per heavy atom. The van der Waals surface area contributed by atoms with Crippen molar-refractivity contribution in [2.75, 3.05) is 10.6 Å². The first kappa shape index (κ1) is 26.4. The number of hydrogen-bond acceptors (Lipinski definition) is 5. The number of thioether (sulfide) groups is 1. The monoisotopic (exact) mass is 549 g/mol. The van der Waals surface area contributed by atoms with Crippen LogP contribution in [-0.4, -0.2) is 16.8 Å². The molecule has 0 aliphatic rings.